The number of ether oxygens (including phenoxy) is 1. The Kier molecular flexibility index (Phi) is 6.85. The fourth-order valence-electron chi connectivity index (χ4n) is 3.42. The van der Waals surface area contributed by atoms with Crippen LogP contribution in [0.5, 0.6) is 5.75 Å². The average Bonchev–Trinajstić information content (AvgIpc) is 2.67. The number of carbonyl (C=O) groups excluding carboxylic acids is 1. The van der Waals surface area contributed by atoms with E-state index in [4.69, 9.17) is 11.6 Å². The Morgan fingerprint density at radius 1 is 1.35 bits per heavy atom. The van der Waals surface area contributed by atoms with Gasteiger partial charge in [-0.15, -0.1) is 0 Å². The number of likely N-dealkylation sites (tertiary alicyclic amines) is 1. The first-order chi connectivity index (χ1) is 14.5. The lowest BCUT2D eigenvalue weighted by Crippen LogP contribution is -2.47. The summed E-state index contributed by atoms with van der Waals surface area (Å²) in [6, 6.07) is 2.03. The molecule has 1 fully saturated rings. The molecule has 1 unspecified atom stereocenters. The third kappa shape index (κ3) is 5.51. The lowest BCUT2D eigenvalue weighted by molar-refractivity contribution is -0.136. The first kappa shape index (κ1) is 23.4. The highest BCUT2D eigenvalue weighted by Crippen LogP contribution is 2.39. The molecule has 1 aliphatic rings. The molecule has 1 amide bonds. The summed E-state index contributed by atoms with van der Waals surface area (Å²) in [7, 11) is 1.78. The number of rotatable bonds is 5. The van der Waals surface area contributed by atoms with Crippen LogP contribution in [0.2, 0.25) is 5.02 Å². The van der Waals surface area contributed by atoms with E-state index in [1.165, 1.54) is 0 Å². The monoisotopic (exact) mass is 469 g/mol. The zero-order chi connectivity index (χ0) is 22.9. The number of carbonyl (C=O) groups is 1. The Morgan fingerprint density at radius 3 is 2.71 bits per heavy atom. The molecule has 5 nitrogen and oxygen atoms in total. The topological polar surface area (TPSA) is 54.5 Å². The van der Waals surface area contributed by atoms with Gasteiger partial charge in [-0.05, 0) is 38.1 Å². The summed E-state index contributed by atoms with van der Waals surface area (Å²) in [6.45, 7) is -2.75. The lowest BCUT2D eigenvalue weighted by Gasteiger charge is -2.34. The summed E-state index contributed by atoms with van der Waals surface area (Å²) in [5, 5.41) is 1.95. The molecule has 31 heavy (non-hydrogen) atoms. The van der Waals surface area contributed by atoms with Crippen molar-refractivity contribution in [2.24, 2.45) is 0 Å². The van der Waals surface area contributed by atoms with Crippen LogP contribution in [-0.2, 0) is 6.18 Å². The van der Waals surface area contributed by atoms with Gasteiger partial charge in [-0.2, -0.15) is 22.0 Å². The number of amides is 1. The van der Waals surface area contributed by atoms with Crippen LogP contribution in [0, 0.1) is 0 Å². The summed E-state index contributed by atoms with van der Waals surface area (Å²) in [5.74, 6) is -1.53. The van der Waals surface area contributed by atoms with E-state index in [0.717, 1.165) is 12.1 Å². The molecule has 1 aromatic carbocycles. The van der Waals surface area contributed by atoms with Crippen LogP contribution in [-0.4, -0.2) is 54.8 Å². The largest absolute Gasteiger partial charge is 0.435 e. The van der Waals surface area contributed by atoms with Crippen LogP contribution < -0.4 is 10.1 Å². The molecule has 0 radical (unpaired) electrons. The summed E-state index contributed by atoms with van der Waals surface area (Å²) in [6.07, 6.45) is -5.36. The van der Waals surface area contributed by atoms with E-state index < -0.39 is 41.7 Å². The quantitative estimate of drug-likeness (QED) is 0.647. The molecular weight excluding hydrogens is 452 g/mol. The van der Waals surface area contributed by atoms with Crippen LogP contribution in [0.4, 0.5) is 26.3 Å². The zero-order valence-electron chi connectivity index (χ0n) is 16.1. The molecular formula is C19H18ClF6N3O2. The molecule has 0 bridgehead atoms. The molecule has 1 saturated heterocycles. The van der Waals surface area contributed by atoms with Crippen molar-refractivity contribution in [3.05, 3.63) is 34.5 Å². The summed E-state index contributed by atoms with van der Waals surface area (Å²) >= 11 is 6.04. The minimum atomic E-state index is -4.97. The number of fused-ring (bicyclic) bond motifs is 1. The maximum Gasteiger partial charge on any atom is 0.418 e. The molecule has 3 rings (SSSR count). The third-order valence-corrected chi connectivity index (χ3v) is 5.36. The molecule has 1 aromatic heterocycles. The van der Waals surface area contributed by atoms with Gasteiger partial charge >= 0.3 is 12.8 Å². The van der Waals surface area contributed by atoms with E-state index in [0.29, 0.717) is 19.0 Å². The number of aromatic nitrogens is 1. The van der Waals surface area contributed by atoms with E-state index in [1.54, 1.807) is 7.05 Å². The van der Waals surface area contributed by atoms with Crippen LogP contribution in [0.1, 0.15) is 28.9 Å². The van der Waals surface area contributed by atoms with Crippen molar-refractivity contribution < 1.29 is 35.9 Å². The number of hydrogen-bond donors (Lipinski definition) is 1. The predicted molar refractivity (Wildman–Crippen MR) is 101 cm³/mol. The van der Waals surface area contributed by atoms with Gasteiger partial charge in [0, 0.05) is 24.5 Å². The Morgan fingerprint density at radius 2 is 2.06 bits per heavy atom. The molecule has 0 spiro atoms. The second-order valence-electron chi connectivity index (χ2n) is 7.20. The van der Waals surface area contributed by atoms with Crippen molar-refractivity contribution in [1.29, 1.82) is 0 Å². The smallest absolute Gasteiger partial charge is 0.418 e. The first-order valence-electron chi connectivity index (χ1n) is 9.24. The average molecular weight is 470 g/mol. The highest BCUT2D eigenvalue weighted by atomic mass is 35.5. The molecule has 170 valence electrons. The molecule has 2 atom stereocenters. The summed E-state index contributed by atoms with van der Waals surface area (Å²) in [5.41, 5.74) is -2.43. The van der Waals surface area contributed by atoms with E-state index in [-0.39, 0.29) is 35.1 Å². The molecule has 0 aliphatic carbocycles. The van der Waals surface area contributed by atoms with Crippen molar-refractivity contribution in [2.75, 3.05) is 20.1 Å². The number of hydrogen-bond acceptors (Lipinski definition) is 4. The number of benzene rings is 1. The number of piperidine rings is 1. The molecule has 2 heterocycles. The summed E-state index contributed by atoms with van der Waals surface area (Å²) < 4.78 is 83.2. The highest BCUT2D eigenvalue weighted by Gasteiger charge is 2.35. The van der Waals surface area contributed by atoms with Crippen molar-refractivity contribution in [3.8, 4) is 5.75 Å². The van der Waals surface area contributed by atoms with Gasteiger partial charge in [0.15, 0.2) is 0 Å². The zero-order valence-corrected chi connectivity index (χ0v) is 16.9. The van der Waals surface area contributed by atoms with Crippen LogP contribution >= 0.6 is 11.6 Å². The molecule has 12 heteroatoms. The van der Waals surface area contributed by atoms with Crippen LogP contribution in [0.25, 0.3) is 10.9 Å². The van der Waals surface area contributed by atoms with Crippen molar-refractivity contribution in [1.82, 2.24) is 15.2 Å². The Bertz CT molecular complexity index is 972. The Balaban J connectivity index is 1.92. The molecule has 0 saturated carbocycles. The molecule has 1 aliphatic heterocycles. The lowest BCUT2D eigenvalue weighted by atomic mass is 10.0. The fraction of sp³-hybridized carbons (Fsp3) is 0.474. The minimum Gasteiger partial charge on any atom is -0.435 e. The van der Waals surface area contributed by atoms with Crippen molar-refractivity contribution >= 4 is 28.4 Å². The van der Waals surface area contributed by atoms with E-state index in [2.05, 4.69) is 15.0 Å². The number of halogens is 7. The molecule has 2 aromatic rings. The second-order valence-corrected chi connectivity index (χ2v) is 7.61. The number of alkyl halides is 6. The maximum absolute atomic E-state index is 13.6. The number of nitrogens with one attached hydrogen (secondary N) is 1. The Labute approximate surface area is 178 Å². The van der Waals surface area contributed by atoms with Crippen LogP contribution in [0.3, 0.4) is 0 Å². The van der Waals surface area contributed by atoms with Gasteiger partial charge < -0.3 is 15.0 Å². The number of nitrogens with zero attached hydrogens (tertiary/aromatic N) is 2. The van der Waals surface area contributed by atoms with Gasteiger partial charge in [0.25, 0.3) is 5.91 Å². The van der Waals surface area contributed by atoms with Crippen LogP contribution in [0.15, 0.2) is 18.2 Å². The van der Waals surface area contributed by atoms with Gasteiger partial charge in [-0.1, -0.05) is 11.6 Å². The number of pyridine rings is 1. The van der Waals surface area contributed by atoms with Gasteiger partial charge in [0.05, 0.1) is 16.1 Å². The minimum absolute atomic E-state index is 0.0698. The SMILES string of the molecule is CN1CCC(F)C[C@@H]1CNC(=O)c1cc(Cl)c2cc(OC(F)F)cc(C(F)(F)F)c2n1. The Hall–Kier alpha value is -2.27. The van der Waals surface area contributed by atoms with Gasteiger partial charge in [-0.25, -0.2) is 9.37 Å². The van der Waals surface area contributed by atoms with Gasteiger partial charge in [0.1, 0.15) is 17.6 Å². The van der Waals surface area contributed by atoms with Crippen molar-refractivity contribution in [3.63, 3.8) is 0 Å². The van der Waals surface area contributed by atoms with E-state index in [1.807, 2.05) is 4.90 Å². The predicted octanol–water partition coefficient (Wildman–Crippen LogP) is 4.67. The first-order valence-corrected chi connectivity index (χ1v) is 9.62. The standard InChI is InChI=1S/C19H18ClF6N3O2/c1-29-3-2-9(21)4-10(29)8-27-17(30)15-7-14(20)12-5-11(31-18(22)23)6-13(16(12)28-15)19(24,25)26/h5-7,9-10,18H,2-4,8H2,1H3,(H,27,30)/t9?,10-/m1/s1. The normalized spacial score (nSPS) is 20.3. The highest BCUT2D eigenvalue weighted by molar-refractivity contribution is 6.35. The number of likely N-dealkylation sites (N-methyl/N-ethyl adjacent to an activating group) is 1. The van der Waals surface area contributed by atoms with E-state index in [9.17, 15) is 31.1 Å². The second kappa shape index (κ2) is 9.07. The van der Waals surface area contributed by atoms with Gasteiger partial charge in [0.2, 0.25) is 0 Å². The van der Waals surface area contributed by atoms with Gasteiger partial charge in [-0.3, -0.25) is 4.79 Å². The maximum atomic E-state index is 13.6. The van der Waals surface area contributed by atoms with Crippen molar-refractivity contribution in [2.45, 2.75) is 37.8 Å². The molecule has 1 N–H and O–H groups in total. The van der Waals surface area contributed by atoms with E-state index >= 15 is 0 Å². The summed E-state index contributed by atoms with van der Waals surface area (Å²) in [4.78, 5) is 18.1. The fourth-order valence-corrected chi connectivity index (χ4v) is 3.67. The third-order valence-electron chi connectivity index (χ3n) is 5.04.